The van der Waals surface area contributed by atoms with Gasteiger partial charge in [0.15, 0.2) is 0 Å². The molecule has 0 aromatic heterocycles. The Hall–Kier alpha value is -1.95. The first kappa shape index (κ1) is 14.5. The Kier molecular flexibility index (Phi) is 4.34. The second-order valence-electron chi connectivity index (χ2n) is 5.17. The fraction of sp³-hybridized carbons (Fsp3) is 0.500. The van der Waals surface area contributed by atoms with Crippen molar-refractivity contribution >= 4 is 11.6 Å². The van der Waals surface area contributed by atoms with E-state index in [0.717, 1.165) is 31.5 Å². The SMILES string of the molecule is Cc1ccc([N+](=O)[O-])c(C(=O)N(C)C2CCNCC2)c1. The first-order valence-electron chi connectivity index (χ1n) is 6.73. The lowest BCUT2D eigenvalue weighted by Gasteiger charge is -2.31. The molecule has 1 aromatic rings. The van der Waals surface area contributed by atoms with E-state index in [4.69, 9.17) is 0 Å². The average Bonchev–Trinajstić information content (AvgIpc) is 2.46. The first-order valence-corrected chi connectivity index (χ1v) is 6.73. The number of nitrogens with zero attached hydrogens (tertiary/aromatic N) is 2. The third-order valence-corrected chi connectivity index (χ3v) is 3.76. The van der Waals surface area contributed by atoms with Crippen LogP contribution in [0.15, 0.2) is 18.2 Å². The molecule has 0 bridgehead atoms. The van der Waals surface area contributed by atoms with Gasteiger partial charge in [0.2, 0.25) is 0 Å². The predicted octanol–water partition coefficient (Wildman–Crippen LogP) is 1.73. The zero-order valence-electron chi connectivity index (χ0n) is 11.8. The highest BCUT2D eigenvalue weighted by Gasteiger charge is 2.27. The molecule has 0 radical (unpaired) electrons. The summed E-state index contributed by atoms with van der Waals surface area (Å²) in [4.78, 5) is 24.7. The number of aryl methyl sites for hydroxylation is 1. The van der Waals surface area contributed by atoms with Gasteiger partial charge in [0, 0.05) is 19.2 Å². The van der Waals surface area contributed by atoms with Crippen LogP contribution in [0.5, 0.6) is 0 Å². The van der Waals surface area contributed by atoms with Crippen molar-refractivity contribution in [3.05, 3.63) is 39.4 Å². The molecule has 0 spiro atoms. The number of nitrogens with one attached hydrogen (secondary N) is 1. The molecule has 1 aromatic carbocycles. The van der Waals surface area contributed by atoms with Crippen LogP contribution in [-0.4, -0.2) is 41.9 Å². The van der Waals surface area contributed by atoms with Gasteiger partial charge < -0.3 is 10.2 Å². The number of benzene rings is 1. The van der Waals surface area contributed by atoms with Crippen molar-refractivity contribution in [2.24, 2.45) is 0 Å². The molecule has 1 aliphatic rings. The largest absolute Gasteiger partial charge is 0.338 e. The van der Waals surface area contributed by atoms with Gasteiger partial charge in [-0.3, -0.25) is 14.9 Å². The van der Waals surface area contributed by atoms with Crippen molar-refractivity contribution in [2.45, 2.75) is 25.8 Å². The van der Waals surface area contributed by atoms with E-state index in [1.807, 2.05) is 6.92 Å². The molecular weight excluding hydrogens is 258 g/mol. The zero-order chi connectivity index (χ0) is 14.7. The van der Waals surface area contributed by atoms with Gasteiger partial charge in [-0.1, -0.05) is 6.07 Å². The molecule has 20 heavy (non-hydrogen) atoms. The molecule has 1 aliphatic heterocycles. The van der Waals surface area contributed by atoms with Gasteiger partial charge in [-0.05, 0) is 44.5 Å². The smallest absolute Gasteiger partial charge is 0.282 e. The van der Waals surface area contributed by atoms with Crippen LogP contribution in [0.2, 0.25) is 0 Å². The number of hydrogen-bond donors (Lipinski definition) is 1. The van der Waals surface area contributed by atoms with Crippen molar-refractivity contribution in [1.29, 1.82) is 0 Å². The summed E-state index contributed by atoms with van der Waals surface area (Å²) in [5, 5.41) is 14.3. The van der Waals surface area contributed by atoms with Crippen LogP contribution in [0.1, 0.15) is 28.8 Å². The van der Waals surface area contributed by atoms with E-state index in [2.05, 4.69) is 5.32 Å². The predicted molar refractivity (Wildman–Crippen MR) is 75.8 cm³/mol. The molecule has 0 saturated carbocycles. The van der Waals surface area contributed by atoms with Gasteiger partial charge >= 0.3 is 0 Å². The highest BCUT2D eigenvalue weighted by Crippen LogP contribution is 2.23. The summed E-state index contributed by atoms with van der Waals surface area (Å²) >= 11 is 0. The van der Waals surface area contributed by atoms with Gasteiger partial charge in [0.05, 0.1) is 4.92 Å². The number of hydrogen-bond acceptors (Lipinski definition) is 4. The molecule has 6 nitrogen and oxygen atoms in total. The zero-order valence-corrected chi connectivity index (χ0v) is 11.8. The lowest BCUT2D eigenvalue weighted by Crippen LogP contribution is -2.44. The normalized spacial score (nSPS) is 15.9. The minimum absolute atomic E-state index is 0.124. The van der Waals surface area contributed by atoms with Gasteiger partial charge in [0.1, 0.15) is 5.56 Å². The average molecular weight is 277 g/mol. The molecule has 1 fully saturated rings. The Morgan fingerprint density at radius 1 is 1.40 bits per heavy atom. The Labute approximate surface area is 117 Å². The maximum Gasteiger partial charge on any atom is 0.282 e. The molecule has 0 atom stereocenters. The van der Waals surface area contributed by atoms with E-state index >= 15 is 0 Å². The molecule has 1 saturated heterocycles. The van der Waals surface area contributed by atoms with E-state index in [1.165, 1.54) is 6.07 Å². The summed E-state index contributed by atoms with van der Waals surface area (Å²) in [6.45, 7) is 3.57. The summed E-state index contributed by atoms with van der Waals surface area (Å²) in [5.41, 5.74) is 0.898. The lowest BCUT2D eigenvalue weighted by atomic mass is 10.0. The molecule has 0 aliphatic carbocycles. The molecule has 1 heterocycles. The topological polar surface area (TPSA) is 75.5 Å². The summed E-state index contributed by atoms with van der Waals surface area (Å²) < 4.78 is 0. The fourth-order valence-corrected chi connectivity index (χ4v) is 2.53. The van der Waals surface area contributed by atoms with Gasteiger partial charge in [-0.25, -0.2) is 0 Å². The van der Waals surface area contributed by atoms with Crippen LogP contribution in [-0.2, 0) is 0 Å². The van der Waals surface area contributed by atoms with E-state index < -0.39 is 4.92 Å². The number of nitro benzene ring substituents is 1. The fourth-order valence-electron chi connectivity index (χ4n) is 2.53. The van der Waals surface area contributed by atoms with Crippen LogP contribution in [0.3, 0.4) is 0 Å². The minimum atomic E-state index is -0.497. The lowest BCUT2D eigenvalue weighted by molar-refractivity contribution is -0.385. The highest BCUT2D eigenvalue weighted by atomic mass is 16.6. The van der Waals surface area contributed by atoms with E-state index in [-0.39, 0.29) is 23.2 Å². The molecule has 6 heteroatoms. The Bertz CT molecular complexity index is 524. The maximum atomic E-state index is 12.5. The van der Waals surface area contributed by atoms with Crippen LogP contribution < -0.4 is 5.32 Å². The van der Waals surface area contributed by atoms with Crippen molar-refractivity contribution < 1.29 is 9.72 Å². The van der Waals surface area contributed by atoms with Crippen LogP contribution in [0.4, 0.5) is 5.69 Å². The maximum absolute atomic E-state index is 12.5. The van der Waals surface area contributed by atoms with Crippen molar-refractivity contribution in [2.75, 3.05) is 20.1 Å². The van der Waals surface area contributed by atoms with Crippen LogP contribution in [0.25, 0.3) is 0 Å². The summed E-state index contributed by atoms with van der Waals surface area (Å²) in [5.74, 6) is -0.271. The molecule has 0 unspecified atom stereocenters. The second-order valence-corrected chi connectivity index (χ2v) is 5.17. The van der Waals surface area contributed by atoms with E-state index in [9.17, 15) is 14.9 Å². The number of piperidine rings is 1. The summed E-state index contributed by atoms with van der Waals surface area (Å²) in [6, 6.07) is 4.79. The molecule has 1 amide bonds. The van der Waals surface area contributed by atoms with Crippen molar-refractivity contribution in [3.63, 3.8) is 0 Å². The third kappa shape index (κ3) is 2.96. The quantitative estimate of drug-likeness (QED) is 0.674. The van der Waals surface area contributed by atoms with Gasteiger partial charge in [-0.15, -0.1) is 0 Å². The first-order chi connectivity index (χ1) is 9.50. The molecular formula is C14H19N3O3. The number of amides is 1. The monoisotopic (exact) mass is 277 g/mol. The highest BCUT2D eigenvalue weighted by molar-refractivity contribution is 5.98. The van der Waals surface area contributed by atoms with Gasteiger partial charge in [0.25, 0.3) is 11.6 Å². The Morgan fingerprint density at radius 3 is 2.65 bits per heavy atom. The van der Waals surface area contributed by atoms with Crippen molar-refractivity contribution in [3.8, 4) is 0 Å². The summed E-state index contributed by atoms with van der Waals surface area (Å²) in [6.07, 6.45) is 1.75. The number of carbonyl (C=O) groups excluding carboxylic acids is 1. The number of carbonyl (C=O) groups is 1. The van der Waals surface area contributed by atoms with Gasteiger partial charge in [-0.2, -0.15) is 0 Å². The third-order valence-electron chi connectivity index (χ3n) is 3.76. The molecule has 108 valence electrons. The Balaban J connectivity index is 2.27. The second kappa shape index (κ2) is 6.00. The standard InChI is InChI=1S/C14H19N3O3/c1-10-3-4-13(17(19)20)12(9-10)14(18)16(2)11-5-7-15-8-6-11/h3-4,9,11,15H,5-8H2,1-2H3. The Morgan fingerprint density at radius 2 is 2.05 bits per heavy atom. The number of rotatable bonds is 3. The van der Waals surface area contributed by atoms with Crippen LogP contribution >= 0.6 is 0 Å². The van der Waals surface area contributed by atoms with E-state index in [0.29, 0.717) is 0 Å². The molecule has 2 rings (SSSR count). The number of nitro groups is 1. The van der Waals surface area contributed by atoms with Crippen LogP contribution in [0, 0.1) is 17.0 Å². The minimum Gasteiger partial charge on any atom is -0.338 e. The van der Waals surface area contributed by atoms with Crippen molar-refractivity contribution in [1.82, 2.24) is 10.2 Å². The molecule has 1 N–H and O–H groups in total. The summed E-state index contributed by atoms with van der Waals surface area (Å²) in [7, 11) is 1.73. The van der Waals surface area contributed by atoms with E-state index in [1.54, 1.807) is 24.1 Å².